The maximum Gasteiger partial charge on any atom is 0.174 e. The Labute approximate surface area is 96.9 Å². The summed E-state index contributed by atoms with van der Waals surface area (Å²) in [4.78, 5) is 6.15. The van der Waals surface area contributed by atoms with Gasteiger partial charge in [-0.2, -0.15) is 0 Å². The molecule has 1 aromatic rings. The van der Waals surface area contributed by atoms with Crippen LogP contribution < -0.4 is 0 Å². The predicted molar refractivity (Wildman–Crippen MR) is 64.0 cm³/mol. The fraction of sp³-hybridized carbons (Fsp3) is 0.500. The van der Waals surface area contributed by atoms with Gasteiger partial charge < -0.3 is 9.97 Å². The van der Waals surface area contributed by atoms with E-state index in [2.05, 4.69) is 32.8 Å². The minimum atomic E-state index is 0.636. The number of nitrogens with one attached hydrogen (secondary N) is 2. The average Bonchev–Trinajstić information content (AvgIpc) is 2.67. The highest BCUT2D eigenvalue weighted by Crippen LogP contribution is 2.37. The van der Waals surface area contributed by atoms with Crippen LogP contribution >= 0.6 is 28.1 Å². The molecule has 1 aliphatic carbocycles. The highest BCUT2D eigenvalue weighted by molar-refractivity contribution is 9.11. The molecule has 0 fully saturated rings. The van der Waals surface area contributed by atoms with Crippen LogP contribution in [-0.2, 0) is 6.42 Å². The smallest absolute Gasteiger partial charge is 0.174 e. The number of aromatic amines is 2. The van der Waals surface area contributed by atoms with Crippen LogP contribution in [-0.4, -0.2) is 9.97 Å². The number of hydrogen-bond acceptors (Lipinski definition) is 1. The third-order valence-electron chi connectivity index (χ3n) is 2.75. The first kappa shape index (κ1) is 10.2. The van der Waals surface area contributed by atoms with E-state index >= 15 is 0 Å². The van der Waals surface area contributed by atoms with Crippen molar-refractivity contribution in [2.45, 2.75) is 26.2 Å². The zero-order valence-electron chi connectivity index (χ0n) is 8.06. The first-order valence-corrected chi connectivity index (χ1v) is 5.98. The van der Waals surface area contributed by atoms with Gasteiger partial charge in [0.2, 0.25) is 0 Å². The van der Waals surface area contributed by atoms with Crippen molar-refractivity contribution in [2.75, 3.05) is 0 Å². The summed E-state index contributed by atoms with van der Waals surface area (Å²) in [6.45, 7) is 2.20. The molecule has 2 nitrogen and oxygen atoms in total. The van der Waals surface area contributed by atoms with Crippen molar-refractivity contribution < 1.29 is 0 Å². The number of aromatic nitrogens is 2. The first-order valence-electron chi connectivity index (χ1n) is 4.78. The zero-order valence-corrected chi connectivity index (χ0v) is 10.5. The van der Waals surface area contributed by atoms with Gasteiger partial charge in [-0.05, 0) is 48.8 Å². The fourth-order valence-electron chi connectivity index (χ4n) is 1.92. The summed E-state index contributed by atoms with van der Waals surface area (Å²) in [5.41, 5.74) is 2.69. The van der Waals surface area contributed by atoms with E-state index in [1.807, 2.05) is 6.20 Å². The molecule has 1 unspecified atom stereocenters. The third kappa shape index (κ3) is 2.01. The molecule has 76 valence electrons. The van der Waals surface area contributed by atoms with E-state index in [0.717, 1.165) is 11.2 Å². The molecule has 0 saturated heterocycles. The normalized spacial score (nSPS) is 22.0. The molecule has 1 aromatic heterocycles. The van der Waals surface area contributed by atoms with Crippen LogP contribution in [0.15, 0.2) is 16.3 Å². The van der Waals surface area contributed by atoms with Gasteiger partial charge in [-0.25, -0.2) is 0 Å². The van der Waals surface area contributed by atoms with E-state index in [1.54, 1.807) is 0 Å². The summed E-state index contributed by atoms with van der Waals surface area (Å²) < 4.78 is 2.10. The van der Waals surface area contributed by atoms with Crippen LogP contribution in [0.4, 0.5) is 0 Å². The number of imidazole rings is 1. The van der Waals surface area contributed by atoms with E-state index in [-0.39, 0.29) is 0 Å². The summed E-state index contributed by atoms with van der Waals surface area (Å²) in [5.74, 6) is 0.636. The lowest BCUT2D eigenvalue weighted by Gasteiger charge is -2.08. The van der Waals surface area contributed by atoms with E-state index in [0.29, 0.717) is 5.92 Å². The van der Waals surface area contributed by atoms with Crippen molar-refractivity contribution in [2.24, 2.45) is 5.92 Å². The van der Waals surface area contributed by atoms with Gasteiger partial charge in [0.15, 0.2) is 4.77 Å². The summed E-state index contributed by atoms with van der Waals surface area (Å²) in [5, 5.41) is 0. The first-order chi connectivity index (χ1) is 6.66. The monoisotopic (exact) mass is 272 g/mol. The minimum Gasteiger partial charge on any atom is -0.337 e. The van der Waals surface area contributed by atoms with Gasteiger partial charge in [0.25, 0.3) is 0 Å². The lowest BCUT2D eigenvalue weighted by molar-refractivity contribution is 0.615. The second-order valence-electron chi connectivity index (χ2n) is 3.84. The van der Waals surface area contributed by atoms with Gasteiger partial charge in [0, 0.05) is 11.9 Å². The number of halogens is 1. The van der Waals surface area contributed by atoms with Crippen molar-refractivity contribution in [1.82, 2.24) is 9.97 Å². The Balaban J connectivity index is 2.10. The highest BCUT2D eigenvalue weighted by Gasteiger charge is 2.21. The van der Waals surface area contributed by atoms with Gasteiger partial charge >= 0.3 is 0 Å². The molecule has 0 aliphatic heterocycles. The van der Waals surface area contributed by atoms with Crippen LogP contribution in [0.5, 0.6) is 0 Å². The average molecular weight is 273 g/mol. The molecule has 0 saturated carbocycles. The highest BCUT2D eigenvalue weighted by atomic mass is 79.9. The summed E-state index contributed by atoms with van der Waals surface area (Å²) in [7, 11) is 0. The van der Waals surface area contributed by atoms with E-state index in [1.165, 1.54) is 28.6 Å². The number of allylic oxidation sites excluding steroid dienone is 2. The molecule has 0 aromatic carbocycles. The second-order valence-corrected chi connectivity index (χ2v) is 5.10. The SMILES string of the molecule is CC1=C(Br)C(Cc2c[nH]c(=S)[nH]2)CC1. The molecular weight excluding hydrogens is 260 g/mol. The Morgan fingerprint density at radius 2 is 2.43 bits per heavy atom. The molecule has 14 heavy (non-hydrogen) atoms. The lowest BCUT2D eigenvalue weighted by atomic mass is 10.0. The molecule has 2 rings (SSSR count). The van der Waals surface area contributed by atoms with E-state index in [4.69, 9.17) is 12.2 Å². The van der Waals surface area contributed by atoms with Gasteiger partial charge in [0.1, 0.15) is 0 Å². The molecule has 1 atom stereocenters. The number of hydrogen-bond donors (Lipinski definition) is 2. The summed E-state index contributed by atoms with van der Waals surface area (Å²) >= 11 is 8.66. The van der Waals surface area contributed by atoms with Crippen LogP contribution in [0, 0.1) is 10.7 Å². The largest absolute Gasteiger partial charge is 0.337 e. The Morgan fingerprint density at radius 1 is 1.64 bits per heavy atom. The molecule has 4 heteroatoms. The van der Waals surface area contributed by atoms with E-state index in [9.17, 15) is 0 Å². The van der Waals surface area contributed by atoms with E-state index < -0.39 is 0 Å². The quantitative estimate of drug-likeness (QED) is 0.791. The molecule has 0 bridgehead atoms. The summed E-state index contributed by atoms with van der Waals surface area (Å²) in [6.07, 6.45) is 5.48. The zero-order chi connectivity index (χ0) is 10.1. The van der Waals surface area contributed by atoms with Crippen molar-refractivity contribution >= 4 is 28.1 Å². The van der Waals surface area contributed by atoms with Crippen LogP contribution in [0.3, 0.4) is 0 Å². The molecule has 1 aliphatic rings. The van der Waals surface area contributed by atoms with Crippen molar-refractivity contribution in [3.8, 4) is 0 Å². The summed E-state index contributed by atoms with van der Waals surface area (Å²) in [6, 6.07) is 0. The van der Waals surface area contributed by atoms with Crippen LogP contribution in [0.1, 0.15) is 25.5 Å². The van der Waals surface area contributed by atoms with Crippen molar-refractivity contribution in [1.29, 1.82) is 0 Å². The Hall–Kier alpha value is -0.350. The predicted octanol–water partition coefficient (Wildman–Crippen LogP) is 3.69. The number of H-pyrrole nitrogens is 2. The Morgan fingerprint density at radius 3 is 2.93 bits per heavy atom. The van der Waals surface area contributed by atoms with Crippen molar-refractivity contribution in [3.05, 3.63) is 26.7 Å². The van der Waals surface area contributed by atoms with Gasteiger partial charge in [-0.1, -0.05) is 21.5 Å². The fourth-order valence-corrected chi connectivity index (χ4v) is 2.70. The van der Waals surface area contributed by atoms with Crippen LogP contribution in [0.25, 0.3) is 0 Å². The molecule has 2 N–H and O–H groups in total. The molecule has 0 spiro atoms. The molecule has 0 radical (unpaired) electrons. The number of rotatable bonds is 2. The molecular formula is C10H13BrN2S. The topological polar surface area (TPSA) is 31.6 Å². The van der Waals surface area contributed by atoms with Crippen LogP contribution in [0.2, 0.25) is 0 Å². The standard InChI is InChI=1S/C10H13BrN2S/c1-6-2-3-7(9(6)11)4-8-5-12-10(14)13-8/h5,7H,2-4H2,1H3,(H2,12,13,14). The molecule has 1 heterocycles. The van der Waals surface area contributed by atoms with Gasteiger partial charge in [0.05, 0.1) is 0 Å². The third-order valence-corrected chi connectivity index (χ3v) is 4.30. The lowest BCUT2D eigenvalue weighted by Crippen LogP contribution is -2.00. The Bertz CT molecular complexity index is 416. The Kier molecular flexibility index (Phi) is 2.93. The van der Waals surface area contributed by atoms with Crippen molar-refractivity contribution in [3.63, 3.8) is 0 Å². The maximum atomic E-state index is 4.99. The maximum absolute atomic E-state index is 4.99. The second kappa shape index (κ2) is 4.03. The van der Waals surface area contributed by atoms with Gasteiger partial charge in [-0.15, -0.1) is 0 Å². The minimum absolute atomic E-state index is 0.636. The molecule has 0 amide bonds. The van der Waals surface area contributed by atoms with Gasteiger partial charge in [-0.3, -0.25) is 0 Å².